The lowest BCUT2D eigenvalue weighted by Gasteiger charge is -2.07. The summed E-state index contributed by atoms with van der Waals surface area (Å²) in [6.45, 7) is 2.09. The van der Waals surface area contributed by atoms with Crippen LogP contribution in [0.2, 0.25) is 0 Å². The molecule has 0 unspecified atom stereocenters. The highest BCUT2D eigenvalue weighted by atomic mass is 79.9. The number of fused-ring (bicyclic) bond motifs is 1. The van der Waals surface area contributed by atoms with Crippen LogP contribution in [0.4, 0.5) is 0 Å². The van der Waals surface area contributed by atoms with Crippen LogP contribution in [0.1, 0.15) is 17.7 Å². The Hall–Kier alpha value is -0.470. The molecule has 1 heterocycles. The van der Waals surface area contributed by atoms with Gasteiger partial charge in [0.25, 0.3) is 0 Å². The summed E-state index contributed by atoms with van der Waals surface area (Å²) >= 11 is 9.37. The van der Waals surface area contributed by atoms with Crippen LogP contribution >= 0.6 is 27.5 Å². The number of para-hydroxylation sites is 1. The minimum absolute atomic E-state index is 0.638. The van der Waals surface area contributed by atoms with Gasteiger partial charge >= 0.3 is 0 Å². The zero-order valence-electron chi connectivity index (χ0n) is 8.48. The third-order valence-electron chi connectivity index (χ3n) is 2.48. The first-order chi connectivity index (χ1) is 7.24. The molecule has 2 aromatic rings. The van der Waals surface area contributed by atoms with Crippen LogP contribution in [0.3, 0.4) is 0 Å². The second-order valence-corrected chi connectivity index (χ2v) is 4.85. The fourth-order valence-electron chi connectivity index (χ4n) is 1.83. The molecule has 0 saturated heterocycles. The SMILES string of the molecule is Cc1[nH]c2ccccc2c1[C](Br)CCCl. The zero-order valence-corrected chi connectivity index (χ0v) is 10.8. The lowest BCUT2D eigenvalue weighted by Crippen LogP contribution is -1.93. The fraction of sp³-hybridized carbons (Fsp3) is 0.250. The average molecular weight is 286 g/mol. The second kappa shape index (κ2) is 4.58. The van der Waals surface area contributed by atoms with Gasteiger partial charge in [0.05, 0.1) is 4.83 Å². The average Bonchev–Trinajstić information content (AvgIpc) is 2.54. The third-order valence-corrected chi connectivity index (χ3v) is 3.46. The monoisotopic (exact) mass is 284 g/mol. The van der Waals surface area contributed by atoms with E-state index in [0.29, 0.717) is 5.88 Å². The summed E-state index contributed by atoms with van der Waals surface area (Å²) in [4.78, 5) is 4.55. The summed E-state index contributed by atoms with van der Waals surface area (Å²) in [6.07, 6.45) is 0.865. The third kappa shape index (κ3) is 2.06. The molecule has 1 aromatic heterocycles. The number of benzene rings is 1. The van der Waals surface area contributed by atoms with E-state index in [1.165, 1.54) is 27.0 Å². The van der Waals surface area contributed by atoms with Crippen LogP contribution in [0.5, 0.6) is 0 Å². The number of hydrogen-bond donors (Lipinski definition) is 1. The Morgan fingerprint density at radius 2 is 2.13 bits per heavy atom. The van der Waals surface area contributed by atoms with Crippen molar-refractivity contribution in [1.29, 1.82) is 0 Å². The maximum absolute atomic E-state index is 5.76. The van der Waals surface area contributed by atoms with Gasteiger partial charge in [0.1, 0.15) is 0 Å². The van der Waals surface area contributed by atoms with Gasteiger partial charge in [-0.25, -0.2) is 0 Å². The summed E-state index contributed by atoms with van der Waals surface area (Å²) < 4.78 is 0. The molecule has 0 fully saturated rings. The first kappa shape index (κ1) is 11.0. The van der Waals surface area contributed by atoms with Gasteiger partial charge in [-0.1, -0.05) is 34.1 Å². The highest BCUT2D eigenvalue weighted by Crippen LogP contribution is 2.34. The lowest BCUT2D eigenvalue weighted by atomic mass is 10.1. The van der Waals surface area contributed by atoms with E-state index >= 15 is 0 Å². The van der Waals surface area contributed by atoms with Crippen molar-refractivity contribution in [1.82, 2.24) is 4.98 Å². The van der Waals surface area contributed by atoms with Crippen molar-refractivity contribution in [3.63, 3.8) is 0 Å². The minimum Gasteiger partial charge on any atom is -0.358 e. The summed E-state index contributed by atoms with van der Waals surface area (Å²) in [6, 6.07) is 8.31. The van der Waals surface area contributed by atoms with E-state index in [9.17, 15) is 0 Å². The second-order valence-electron chi connectivity index (χ2n) is 3.51. The number of rotatable bonds is 3. The van der Waals surface area contributed by atoms with E-state index in [4.69, 9.17) is 11.6 Å². The molecule has 1 radical (unpaired) electrons. The fourth-order valence-corrected chi connectivity index (χ4v) is 2.96. The topological polar surface area (TPSA) is 15.8 Å². The van der Waals surface area contributed by atoms with E-state index in [1.54, 1.807) is 0 Å². The van der Waals surface area contributed by atoms with E-state index in [1.807, 2.05) is 6.07 Å². The van der Waals surface area contributed by atoms with E-state index in [0.717, 1.165) is 6.42 Å². The van der Waals surface area contributed by atoms with E-state index in [-0.39, 0.29) is 0 Å². The number of hydrogen-bond acceptors (Lipinski definition) is 0. The Balaban J connectivity index is 2.53. The molecule has 0 saturated carbocycles. The van der Waals surface area contributed by atoms with Crippen molar-refractivity contribution in [2.24, 2.45) is 0 Å². The van der Waals surface area contributed by atoms with Crippen molar-refractivity contribution in [3.8, 4) is 0 Å². The Morgan fingerprint density at radius 1 is 1.40 bits per heavy atom. The molecule has 1 nitrogen and oxygen atoms in total. The van der Waals surface area contributed by atoms with Gasteiger partial charge in [-0.05, 0) is 25.0 Å². The first-order valence-electron chi connectivity index (χ1n) is 4.89. The number of nitrogens with one attached hydrogen (secondary N) is 1. The predicted octanol–water partition coefficient (Wildman–Crippen LogP) is 4.38. The van der Waals surface area contributed by atoms with Crippen molar-refractivity contribution in [2.75, 3.05) is 5.88 Å². The van der Waals surface area contributed by atoms with Gasteiger partial charge in [-0.2, -0.15) is 0 Å². The summed E-state index contributed by atoms with van der Waals surface area (Å²) in [7, 11) is 0. The van der Waals surface area contributed by atoms with Crippen LogP contribution in [0.15, 0.2) is 24.3 Å². The quantitative estimate of drug-likeness (QED) is 0.806. The summed E-state index contributed by atoms with van der Waals surface area (Å²) in [5.41, 5.74) is 3.62. The molecule has 15 heavy (non-hydrogen) atoms. The highest BCUT2D eigenvalue weighted by Gasteiger charge is 2.16. The number of alkyl halides is 1. The van der Waals surface area contributed by atoms with Crippen molar-refractivity contribution >= 4 is 38.4 Å². The predicted molar refractivity (Wildman–Crippen MR) is 69.6 cm³/mol. The molecule has 0 aliphatic heterocycles. The largest absolute Gasteiger partial charge is 0.358 e. The zero-order chi connectivity index (χ0) is 10.8. The molecule has 79 valence electrons. The molecule has 3 heteroatoms. The maximum atomic E-state index is 5.76. The number of aromatic amines is 1. The van der Waals surface area contributed by atoms with Gasteiger partial charge in [0.2, 0.25) is 0 Å². The number of halogens is 2. The maximum Gasteiger partial charge on any atom is 0.0735 e. The number of aryl methyl sites for hydroxylation is 1. The van der Waals surface area contributed by atoms with Gasteiger partial charge in [0.15, 0.2) is 0 Å². The van der Waals surface area contributed by atoms with Gasteiger partial charge in [0, 0.05) is 22.5 Å². The summed E-state index contributed by atoms with van der Waals surface area (Å²) in [5, 5.41) is 1.26. The Labute approximate surface area is 103 Å². The van der Waals surface area contributed by atoms with Crippen LogP contribution in [0.25, 0.3) is 10.9 Å². The Bertz CT molecular complexity index is 464. The molecule has 0 spiro atoms. The summed E-state index contributed by atoms with van der Waals surface area (Å²) in [5.74, 6) is 0.638. The molecule has 0 aliphatic rings. The van der Waals surface area contributed by atoms with Crippen LogP contribution in [-0.2, 0) is 0 Å². The Kier molecular flexibility index (Phi) is 3.37. The van der Waals surface area contributed by atoms with Crippen LogP contribution in [0, 0.1) is 11.8 Å². The first-order valence-corrected chi connectivity index (χ1v) is 6.21. The van der Waals surface area contributed by atoms with Crippen molar-refractivity contribution in [3.05, 3.63) is 40.4 Å². The molecule has 1 N–H and O–H groups in total. The van der Waals surface area contributed by atoms with E-state index in [2.05, 4.69) is 46.0 Å². The highest BCUT2D eigenvalue weighted by molar-refractivity contribution is 9.11. The van der Waals surface area contributed by atoms with Crippen LogP contribution in [-0.4, -0.2) is 10.9 Å². The molecule has 1 aromatic carbocycles. The van der Waals surface area contributed by atoms with Crippen molar-refractivity contribution < 1.29 is 0 Å². The molecular formula is C12H12BrClN. The van der Waals surface area contributed by atoms with Crippen molar-refractivity contribution in [2.45, 2.75) is 13.3 Å². The van der Waals surface area contributed by atoms with E-state index < -0.39 is 0 Å². The molecule has 0 atom stereocenters. The van der Waals surface area contributed by atoms with Crippen LogP contribution < -0.4 is 0 Å². The smallest absolute Gasteiger partial charge is 0.0735 e. The minimum atomic E-state index is 0.638. The normalized spacial score (nSPS) is 11.5. The molecule has 0 bridgehead atoms. The van der Waals surface area contributed by atoms with Gasteiger partial charge < -0.3 is 4.98 Å². The Morgan fingerprint density at radius 3 is 2.87 bits per heavy atom. The molecular weight excluding hydrogens is 273 g/mol. The standard InChI is InChI=1S/C12H12BrClN/c1-8-12(10(13)6-7-14)9-4-2-3-5-11(9)15-8/h2-5,15H,6-7H2,1H3. The van der Waals surface area contributed by atoms with Gasteiger partial charge in [-0.3, -0.25) is 0 Å². The lowest BCUT2D eigenvalue weighted by molar-refractivity contribution is 1.09. The molecule has 2 rings (SSSR count). The number of H-pyrrole nitrogens is 1. The molecule has 0 amide bonds. The molecule has 0 aliphatic carbocycles. The number of aromatic nitrogens is 1. The van der Waals surface area contributed by atoms with Gasteiger partial charge in [-0.15, -0.1) is 11.6 Å².